The predicted molar refractivity (Wildman–Crippen MR) is 283 cm³/mol. The van der Waals surface area contributed by atoms with Crippen LogP contribution >= 0.6 is 93.9 Å². The van der Waals surface area contributed by atoms with Crippen LogP contribution in [0.15, 0.2) is 0 Å². The van der Waals surface area contributed by atoms with E-state index in [1.54, 1.807) is 0 Å². The molecule has 0 saturated heterocycles. The number of rotatable bonds is 61. The minimum absolute atomic E-state index is 0.0322. The summed E-state index contributed by atoms with van der Waals surface area (Å²) in [5, 5.41) is 2.64. The Labute approximate surface area is 508 Å². The minimum Gasteiger partial charge on any atom is -0.319 e. The van der Waals surface area contributed by atoms with Gasteiger partial charge in [-0.25, -0.2) is 54.8 Å². The largest absolute Gasteiger partial charge is 0.472 e. The van der Waals surface area contributed by atoms with E-state index in [9.17, 15) is 108 Å². The Hall–Kier alpha value is 1.17. The topological polar surface area (TPSA) is 715 Å². The molecule has 12 unspecified atom stereocenters. The van der Waals surface area contributed by atoms with Gasteiger partial charge in [0, 0.05) is 24.9 Å². The number of phosphoric ester groups is 12. The van der Waals surface area contributed by atoms with Crippen LogP contribution in [0.1, 0.15) is 0 Å². The molecule has 0 rings (SSSR count). The van der Waals surface area contributed by atoms with E-state index in [1.165, 1.54) is 7.05 Å². The fraction of sp³-hybridized carbons (Fsp3) is 1.00. The molecule has 542 valence electrons. The van der Waals surface area contributed by atoms with Crippen molar-refractivity contribution in [2.45, 2.75) is 0 Å². The Morgan fingerprint density at radius 2 is 0.378 bits per heavy atom. The molecule has 50 nitrogen and oxygen atoms in total. The molecule has 0 aliphatic heterocycles. The number of halogens is 1. The summed E-state index contributed by atoms with van der Waals surface area (Å²) in [6, 6.07) is 0. The third-order valence-corrected chi connectivity index (χ3v) is 19.2. The molecule has 0 aromatic carbocycles. The summed E-state index contributed by atoms with van der Waals surface area (Å²) >= 11 is 0. The van der Waals surface area contributed by atoms with Crippen LogP contribution in [0.3, 0.4) is 0 Å². The molecule has 0 aromatic rings. The molecule has 12 atom stereocenters. The van der Waals surface area contributed by atoms with Crippen LogP contribution in [0.4, 0.5) is 4.48 Å². The van der Waals surface area contributed by atoms with Gasteiger partial charge in [-0.15, -0.1) is 4.48 Å². The van der Waals surface area contributed by atoms with Crippen LogP contribution in [-0.2, 0) is 154 Å². The van der Waals surface area contributed by atoms with Gasteiger partial charge in [-0.1, -0.05) is 0 Å². The zero-order valence-electron chi connectivity index (χ0n) is 46.0. The molecule has 0 radical (unpaired) electrons. The van der Waals surface area contributed by atoms with E-state index in [4.69, 9.17) is 24.1 Å². The van der Waals surface area contributed by atoms with Crippen molar-refractivity contribution in [3.8, 4) is 0 Å². The summed E-state index contributed by atoms with van der Waals surface area (Å²) in [5.74, 6) is -2.03. The van der Waals surface area contributed by atoms with Crippen LogP contribution < -0.4 is 10.9 Å². The second kappa shape index (κ2) is 44.3. The first-order valence-corrected chi connectivity index (χ1v) is 41.7. The van der Waals surface area contributed by atoms with E-state index in [-0.39, 0.29) is 6.54 Å². The molecule has 0 heterocycles. The number of nitrogens with one attached hydrogen (secondary N) is 2. The molecule has 0 amide bonds. The molecule has 0 aliphatic rings. The van der Waals surface area contributed by atoms with Gasteiger partial charge in [0.05, 0.1) is 145 Å². The minimum atomic E-state index is -5.02. The van der Waals surface area contributed by atoms with Gasteiger partial charge >= 0.3 is 93.9 Å². The number of hydrogen-bond donors (Lipinski definition) is 16. The zero-order chi connectivity index (χ0) is 69.1. The Balaban J connectivity index is 4.32. The lowest BCUT2D eigenvalue weighted by Gasteiger charge is -2.19. The van der Waals surface area contributed by atoms with Crippen LogP contribution in [0.5, 0.6) is 0 Å². The smallest absolute Gasteiger partial charge is 0.319 e. The van der Waals surface area contributed by atoms with Crippen LogP contribution in [0.2, 0.25) is 0 Å². The summed E-state index contributed by atoms with van der Waals surface area (Å²) < 4.78 is 252. The van der Waals surface area contributed by atoms with E-state index in [1.807, 2.05) is 0 Å². The van der Waals surface area contributed by atoms with Crippen molar-refractivity contribution in [1.29, 1.82) is 0 Å². The standard InChI is InChI=1S/C27H69FN2O48P12/c1-29-20-26(22-75-79(31,32)33)24-77-89(53,54)73-18-16-71-87(49,50)69-14-12-67-85(45,46)65-10-8-63-83(41,42)61-6-4-59-81(37,38)57-2-3-58-82(39,40)60-5-7-62-84(43,44)64-9-11-66-86(47,48)68-13-15-70-88(51,52)72-17-19-74-90(55,56)78-25-27(21-30-28)23-76-80(34,35)36/h26-27,29-30H,2-25H2,1H3,(H,37,38)(H,39,40)(H,41,42)(H,43,44)(H,45,46)(H,47,48)(H,49,50)(H,51,52)(H,53,54)(H,55,56)(H2,31,32,33)(H2,34,35,36). The first kappa shape index (κ1) is 91.2. The van der Waals surface area contributed by atoms with Gasteiger partial charge in [0.1, 0.15) is 0 Å². The predicted octanol–water partition coefficient (Wildman–Crippen LogP) is 0.467. The van der Waals surface area contributed by atoms with Crippen molar-refractivity contribution in [1.82, 2.24) is 10.9 Å². The molecule has 16 N–H and O–H groups in total. The summed E-state index contributed by atoms with van der Waals surface area (Å²) in [7, 11) is -58.0. The maximum atomic E-state index is 12.4. The molecule has 0 saturated carbocycles. The van der Waals surface area contributed by atoms with Crippen molar-refractivity contribution in [3.63, 3.8) is 0 Å². The highest BCUT2D eigenvalue weighted by Crippen LogP contribution is 2.52. The van der Waals surface area contributed by atoms with E-state index in [0.717, 1.165) is 5.54 Å². The van der Waals surface area contributed by atoms with E-state index in [0.29, 0.717) is 0 Å². The molecule has 0 spiro atoms. The first-order chi connectivity index (χ1) is 41.1. The monoisotopic (exact) mass is 1580 g/mol. The van der Waals surface area contributed by atoms with Gasteiger partial charge in [-0.05, 0) is 7.05 Å². The Kier molecular flexibility index (Phi) is 44.9. The highest BCUT2D eigenvalue weighted by Gasteiger charge is 2.33. The molecule has 0 aliphatic carbocycles. The van der Waals surface area contributed by atoms with Crippen molar-refractivity contribution >= 4 is 93.9 Å². The average molecular weight is 1580 g/mol. The van der Waals surface area contributed by atoms with Crippen LogP contribution in [-0.4, -0.2) is 234 Å². The Bertz CT molecular complexity index is 2470. The van der Waals surface area contributed by atoms with Crippen LogP contribution in [0, 0.1) is 11.8 Å². The maximum Gasteiger partial charge on any atom is 0.472 e. The van der Waals surface area contributed by atoms with E-state index in [2.05, 4.69) is 100 Å². The normalized spacial score (nSPS) is 20.1. The molecule has 0 aromatic heterocycles. The lowest BCUT2D eigenvalue weighted by Crippen LogP contribution is -2.26. The fourth-order valence-corrected chi connectivity index (χ4v) is 12.5. The SMILES string of the molecule is CNCC(COP(=O)(O)O)COP(=O)(O)OCCOP(=O)(O)OCCOP(=O)(O)OCCOP(=O)(O)OCCOP(=O)(O)OCCOP(=O)(O)OCCOP(=O)(O)OCCOP(=O)(O)OCCOP(=O)(O)OCCOP(=O)(O)OCC(CNF)COP(=O)(O)O. The first-order valence-electron chi connectivity index (χ1n) is 23.7. The number of phosphoric acid groups is 12. The van der Waals surface area contributed by atoms with Gasteiger partial charge in [0.2, 0.25) is 0 Å². The summed E-state index contributed by atoms with van der Waals surface area (Å²) in [6.07, 6.45) is 0. The molecular weight excluding hydrogens is 1510 g/mol. The van der Waals surface area contributed by atoms with Gasteiger partial charge < -0.3 is 73.8 Å². The van der Waals surface area contributed by atoms with Gasteiger partial charge in [0.15, 0.2) is 0 Å². The van der Waals surface area contributed by atoms with Gasteiger partial charge in [-0.2, -0.15) is 5.54 Å². The molecular formula is C27H69FN2O48P12. The van der Waals surface area contributed by atoms with Gasteiger partial charge in [0.25, 0.3) is 0 Å². The van der Waals surface area contributed by atoms with E-state index >= 15 is 0 Å². The second-order valence-electron chi connectivity index (χ2n) is 15.5. The third kappa shape index (κ3) is 55.1. The summed E-state index contributed by atoms with van der Waals surface area (Å²) in [5.41, 5.74) is 1.14. The fourth-order valence-electron chi connectivity index (χ4n) is 4.65. The van der Waals surface area contributed by atoms with Crippen molar-refractivity contribution in [2.75, 3.05) is 165 Å². The summed E-state index contributed by atoms with van der Waals surface area (Å²) in [6.45, 7) is -19.9. The summed E-state index contributed by atoms with van der Waals surface area (Å²) in [4.78, 5) is 132. The number of hydrogen-bond acceptors (Lipinski definition) is 36. The lowest BCUT2D eigenvalue weighted by atomic mass is 10.2. The van der Waals surface area contributed by atoms with Crippen molar-refractivity contribution in [3.05, 3.63) is 0 Å². The molecule has 63 heteroatoms. The Morgan fingerprint density at radius 3 is 0.511 bits per heavy atom. The highest BCUT2D eigenvalue weighted by molar-refractivity contribution is 7.50. The Morgan fingerprint density at radius 1 is 0.244 bits per heavy atom. The van der Waals surface area contributed by atoms with E-state index < -0.39 is 258 Å². The third-order valence-electron chi connectivity index (χ3n) is 8.09. The molecule has 90 heavy (non-hydrogen) atoms. The highest BCUT2D eigenvalue weighted by atomic mass is 31.2. The lowest BCUT2D eigenvalue weighted by molar-refractivity contribution is 0.0695. The van der Waals surface area contributed by atoms with Crippen molar-refractivity contribution < 1.29 is 227 Å². The molecule has 0 fully saturated rings. The quantitative estimate of drug-likeness (QED) is 0.0223. The van der Waals surface area contributed by atoms with Gasteiger partial charge in [-0.3, -0.25) is 99.5 Å². The molecule has 0 bridgehead atoms. The van der Waals surface area contributed by atoms with Crippen molar-refractivity contribution in [2.24, 2.45) is 11.8 Å². The average Bonchev–Trinajstić information content (AvgIpc) is 3.59. The second-order valence-corrected chi connectivity index (χ2v) is 32.5. The maximum absolute atomic E-state index is 12.4. The van der Waals surface area contributed by atoms with Crippen LogP contribution in [0.25, 0.3) is 0 Å². The zero-order valence-corrected chi connectivity index (χ0v) is 56.7.